The fraction of sp³-hybridized carbons (Fsp3) is 0.667. The Bertz CT molecular complexity index is 424. The van der Waals surface area contributed by atoms with Gasteiger partial charge in [-0.05, 0) is 31.2 Å². The lowest BCUT2D eigenvalue weighted by Gasteiger charge is -2.19. The van der Waals surface area contributed by atoms with E-state index in [2.05, 4.69) is 35.4 Å². The molecule has 1 aliphatic heterocycles. The second-order valence-electron chi connectivity index (χ2n) is 6.37. The average molecular weight is 289 g/mol. The molecule has 3 rings (SSSR count). The van der Waals surface area contributed by atoms with Crippen molar-refractivity contribution in [3.8, 4) is 0 Å². The van der Waals surface area contributed by atoms with E-state index in [1.165, 1.54) is 56.9 Å². The summed E-state index contributed by atoms with van der Waals surface area (Å²) in [5, 5.41) is 2.22. The smallest absolute Gasteiger partial charge is 0.165 e. The number of hydrogen-bond donors (Lipinski definition) is 0. The fourth-order valence-corrected chi connectivity index (χ4v) is 3.59. The molecule has 1 saturated heterocycles. The van der Waals surface area contributed by atoms with Gasteiger partial charge in [0.05, 0.1) is 12.6 Å². The van der Waals surface area contributed by atoms with Crippen molar-refractivity contribution in [2.24, 2.45) is 0 Å². The molecule has 1 aliphatic carbocycles. The lowest BCUT2D eigenvalue weighted by molar-refractivity contribution is 0.0727. The van der Waals surface area contributed by atoms with E-state index in [-0.39, 0.29) is 11.8 Å². The van der Waals surface area contributed by atoms with Gasteiger partial charge in [0.25, 0.3) is 0 Å². The molecule has 2 atom stereocenters. The zero-order chi connectivity index (χ0) is 14.5. The van der Waals surface area contributed by atoms with Crippen molar-refractivity contribution in [2.45, 2.75) is 63.1 Å². The van der Waals surface area contributed by atoms with Crippen LogP contribution in [0.1, 0.15) is 63.0 Å². The van der Waals surface area contributed by atoms with E-state index >= 15 is 0 Å². The van der Waals surface area contributed by atoms with Crippen molar-refractivity contribution in [1.29, 1.82) is 0 Å². The number of hydrogen-bond acceptors (Lipinski definition) is 3. The van der Waals surface area contributed by atoms with E-state index in [9.17, 15) is 0 Å². The Balaban J connectivity index is 1.72. The number of ether oxygens (including phenoxy) is 1. The summed E-state index contributed by atoms with van der Waals surface area (Å²) in [6.45, 7) is 0.686. The highest BCUT2D eigenvalue weighted by atomic mass is 16.9. The van der Waals surface area contributed by atoms with Gasteiger partial charge in [-0.3, -0.25) is 4.84 Å². The first-order valence-corrected chi connectivity index (χ1v) is 8.38. The van der Waals surface area contributed by atoms with E-state index in [0.717, 1.165) is 0 Å². The molecule has 116 valence electrons. The van der Waals surface area contributed by atoms with Gasteiger partial charge in [-0.2, -0.15) is 0 Å². The monoisotopic (exact) mass is 289 g/mol. The molecule has 0 bridgehead atoms. The van der Waals surface area contributed by atoms with Crippen LogP contribution in [-0.4, -0.2) is 24.5 Å². The molecule has 21 heavy (non-hydrogen) atoms. The Morgan fingerprint density at radius 3 is 2.29 bits per heavy atom. The van der Waals surface area contributed by atoms with Crippen LogP contribution in [0.25, 0.3) is 0 Å². The van der Waals surface area contributed by atoms with Gasteiger partial charge in [0.15, 0.2) is 5.72 Å². The Hall–Kier alpha value is -0.900. The first-order chi connectivity index (χ1) is 10.4. The lowest BCUT2D eigenvalue weighted by atomic mass is 10.00. The van der Waals surface area contributed by atoms with E-state index < -0.39 is 0 Å². The van der Waals surface area contributed by atoms with Crippen molar-refractivity contribution in [2.75, 3.05) is 13.7 Å². The van der Waals surface area contributed by atoms with Crippen LogP contribution in [-0.2, 0) is 9.57 Å². The van der Waals surface area contributed by atoms with Gasteiger partial charge >= 0.3 is 0 Å². The van der Waals surface area contributed by atoms with Gasteiger partial charge in [0, 0.05) is 7.11 Å². The molecule has 1 aromatic rings. The maximum atomic E-state index is 6.16. The number of nitrogens with zero attached hydrogens (tertiary/aromatic N) is 1. The third-order valence-electron chi connectivity index (χ3n) is 4.81. The molecule has 2 aliphatic rings. The van der Waals surface area contributed by atoms with Crippen molar-refractivity contribution >= 4 is 0 Å². The summed E-state index contributed by atoms with van der Waals surface area (Å²) in [5.74, 6) is 0. The fourth-order valence-electron chi connectivity index (χ4n) is 3.59. The van der Waals surface area contributed by atoms with Crippen LogP contribution in [0.4, 0.5) is 0 Å². The highest BCUT2D eigenvalue weighted by Crippen LogP contribution is 2.50. The molecule has 1 unspecified atom stereocenters. The second kappa shape index (κ2) is 6.91. The van der Waals surface area contributed by atoms with Crippen molar-refractivity contribution in [3.05, 3.63) is 35.9 Å². The largest absolute Gasteiger partial charge is 0.383 e. The minimum absolute atomic E-state index is 0.0105. The predicted molar refractivity (Wildman–Crippen MR) is 83.7 cm³/mol. The Morgan fingerprint density at radius 2 is 1.67 bits per heavy atom. The first-order valence-electron chi connectivity index (χ1n) is 8.38. The van der Waals surface area contributed by atoms with Crippen LogP contribution in [0.3, 0.4) is 0 Å². The van der Waals surface area contributed by atoms with Gasteiger partial charge < -0.3 is 4.74 Å². The molecular formula is C18H27NO2. The summed E-state index contributed by atoms with van der Waals surface area (Å²) in [6.07, 6.45) is 10.4. The number of benzene rings is 1. The Kier molecular flexibility index (Phi) is 4.94. The molecule has 1 saturated carbocycles. The molecule has 1 heterocycles. The standard InChI is InChI=1S/C18H27NO2/c1-20-15-17(16-11-7-6-8-12-16)19-18(21-19)13-9-4-2-3-5-10-14-18/h6-8,11-12,17H,2-5,9-10,13-15H2,1H3/t17-,19?/m0/s1. The Labute approximate surface area is 128 Å². The molecule has 0 radical (unpaired) electrons. The molecule has 2 fully saturated rings. The van der Waals surface area contributed by atoms with Crippen LogP contribution in [0.5, 0.6) is 0 Å². The lowest BCUT2D eigenvalue weighted by Crippen LogP contribution is -2.25. The van der Waals surface area contributed by atoms with E-state index in [4.69, 9.17) is 9.57 Å². The van der Waals surface area contributed by atoms with Gasteiger partial charge in [0.1, 0.15) is 0 Å². The van der Waals surface area contributed by atoms with Crippen LogP contribution in [0.2, 0.25) is 0 Å². The molecule has 3 nitrogen and oxygen atoms in total. The third kappa shape index (κ3) is 3.47. The summed E-state index contributed by atoms with van der Waals surface area (Å²) in [7, 11) is 1.77. The number of methoxy groups -OCH3 is 1. The number of hydroxylamine groups is 2. The van der Waals surface area contributed by atoms with Crippen molar-refractivity contribution in [3.63, 3.8) is 0 Å². The van der Waals surface area contributed by atoms with Crippen molar-refractivity contribution in [1.82, 2.24) is 5.06 Å². The van der Waals surface area contributed by atoms with E-state index in [1.807, 2.05) is 0 Å². The minimum Gasteiger partial charge on any atom is -0.383 e. The molecule has 0 amide bonds. The summed E-state index contributed by atoms with van der Waals surface area (Å²) < 4.78 is 5.45. The molecule has 3 heteroatoms. The normalized spacial score (nSPS) is 26.6. The summed E-state index contributed by atoms with van der Waals surface area (Å²) >= 11 is 0. The SMILES string of the molecule is COC[C@@H](c1ccccc1)N1OC12CCCCCCCC2. The zero-order valence-electron chi connectivity index (χ0n) is 13.1. The first kappa shape index (κ1) is 15.0. The number of rotatable bonds is 4. The highest BCUT2D eigenvalue weighted by molar-refractivity contribution is 5.20. The van der Waals surface area contributed by atoms with Crippen molar-refractivity contribution < 1.29 is 9.57 Å². The third-order valence-corrected chi connectivity index (χ3v) is 4.81. The molecule has 0 N–H and O–H groups in total. The zero-order valence-corrected chi connectivity index (χ0v) is 13.1. The van der Waals surface area contributed by atoms with Gasteiger partial charge in [-0.1, -0.05) is 56.0 Å². The topological polar surface area (TPSA) is 24.8 Å². The minimum atomic E-state index is -0.0105. The molecule has 0 aromatic heterocycles. The quantitative estimate of drug-likeness (QED) is 0.765. The Morgan fingerprint density at radius 1 is 1.05 bits per heavy atom. The summed E-state index contributed by atoms with van der Waals surface area (Å²) in [4.78, 5) is 6.16. The predicted octanol–water partition coefficient (Wildman–Crippen LogP) is 4.45. The molecule has 1 spiro atoms. The van der Waals surface area contributed by atoms with Crippen LogP contribution in [0.15, 0.2) is 30.3 Å². The summed E-state index contributed by atoms with van der Waals surface area (Å²) in [5.41, 5.74) is 1.28. The summed E-state index contributed by atoms with van der Waals surface area (Å²) in [6, 6.07) is 10.8. The van der Waals surface area contributed by atoms with Gasteiger partial charge in [-0.15, -0.1) is 5.06 Å². The molecule has 1 aromatic carbocycles. The average Bonchev–Trinajstić information content (AvgIpc) is 3.18. The van der Waals surface area contributed by atoms with Crippen LogP contribution in [0, 0.1) is 0 Å². The molecular weight excluding hydrogens is 262 g/mol. The highest BCUT2D eigenvalue weighted by Gasteiger charge is 2.57. The van der Waals surface area contributed by atoms with Gasteiger partial charge in [-0.25, -0.2) is 0 Å². The maximum absolute atomic E-state index is 6.16. The van der Waals surface area contributed by atoms with E-state index in [1.54, 1.807) is 7.11 Å². The maximum Gasteiger partial charge on any atom is 0.165 e. The van der Waals surface area contributed by atoms with Gasteiger partial charge in [0.2, 0.25) is 0 Å². The van der Waals surface area contributed by atoms with Crippen LogP contribution >= 0.6 is 0 Å². The van der Waals surface area contributed by atoms with E-state index in [0.29, 0.717) is 6.61 Å². The second-order valence-corrected chi connectivity index (χ2v) is 6.37. The van der Waals surface area contributed by atoms with Crippen LogP contribution < -0.4 is 0 Å².